The third kappa shape index (κ3) is 1.49. The van der Waals surface area contributed by atoms with Crippen molar-refractivity contribution in [2.75, 3.05) is 13.2 Å². The Morgan fingerprint density at radius 3 is 2.68 bits per heavy atom. The van der Waals surface area contributed by atoms with Crippen LogP contribution in [-0.2, 0) is 4.74 Å². The van der Waals surface area contributed by atoms with Gasteiger partial charge in [0.15, 0.2) is 6.29 Å². The fourth-order valence-corrected chi connectivity index (χ4v) is 4.69. The zero-order chi connectivity index (χ0) is 14.1. The first-order valence-corrected chi connectivity index (χ1v) is 7.15. The summed E-state index contributed by atoms with van der Waals surface area (Å²) in [6.07, 6.45) is 1.39. The molecule has 4 heteroatoms. The first-order chi connectivity index (χ1) is 8.78. The van der Waals surface area contributed by atoms with Crippen LogP contribution in [0.3, 0.4) is 0 Å². The van der Waals surface area contributed by atoms with Crippen molar-refractivity contribution in [3.63, 3.8) is 0 Å². The topological polar surface area (TPSA) is 69.9 Å². The van der Waals surface area contributed by atoms with Crippen molar-refractivity contribution < 1.29 is 20.1 Å². The van der Waals surface area contributed by atoms with Crippen molar-refractivity contribution in [1.82, 2.24) is 0 Å². The van der Waals surface area contributed by atoms with Gasteiger partial charge in [-0.25, -0.2) is 0 Å². The second kappa shape index (κ2) is 3.82. The maximum absolute atomic E-state index is 11.1. The Balaban J connectivity index is 2.24. The van der Waals surface area contributed by atoms with E-state index in [9.17, 15) is 15.3 Å². The van der Waals surface area contributed by atoms with Gasteiger partial charge < -0.3 is 20.1 Å². The predicted octanol–water partition coefficient (Wildman–Crippen LogP) is 1.20. The Morgan fingerprint density at radius 2 is 2.05 bits per heavy atom. The Morgan fingerprint density at radius 1 is 1.37 bits per heavy atom. The van der Waals surface area contributed by atoms with E-state index in [2.05, 4.69) is 13.8 Å². The van der Waals surface area contributed by atoms with Crippen LogP contribution in [0.5, 0.6) is 0 Å². The number of rotatable bonds is 1. The lowest BCUT2D eigenvalue weighted by Crippen LogP contribution is -2.61. The molecule has 3 aliphatic rings. The van der Waals surface area contributed by atoms with Crippen molar-refractivity contribution in [3.8, 4) is 0 Å². The Labute approximate surface area is 114 Å². The molecule has 0 spiro atoms. The molecule has 0 bridgehead atoms. The number of hydrogen-bond acceptors (Lipinski definition) is 4. The number of ether oxygens (including phenoxy) is 1. The first-order valence-electron chi connectivity index (χ1n) is 7.15. The molecule has 1 saturated heterocycles. The van der Waals surface area contributed by atoms with Crippen LogP contribution in [0.2, 0.25) is 0 Å². The predicted molar refractivity (Wildman–Crippen MR) is 70.2 cm³/mol. The second-order valence-electron chi connectivity index (χ2n) is 7.28. The lowest BCUT2D eigenvalue weighted by molar-refractivity contribution is -0.259. The highest BCUT2D eigenvalue weighted by atomic mass is 16.6. The molecule has 2 aliphatic carbocycles. The molecule has 0 aromatic carbocycles. The monoisotopic (exact) mass is 268 g/mol. The van der Waals surface area contributed by atoms with Crippen LogP contribution < -0.4 is 0 Å². The molecule has 19 heavy (non-hydrogen) atoms. The molecule has 4 atom stereocenters. The van der Waals surface area contributed by atoms with E-state index in [0.29, 0.717) is 6.61 Å². The van der Waals surface area contributed by atoms with Crippen molar-refractivity contribution in [3.05, 3.63) is 11.1 Å². The molecule has 0 unspecified atom stereocenters. The highest BCUT2D eigenvalue weighted by Crippen LogP contribution is 2.63. The van der Waals surface area contributed by atoms with Crippen LogP contribution in [0.25, 0.3) is 0 Å². The molecule has 0 radical (unpaired) electrons. The molecule has 108 valence electrons. The van der Waals surface area contributed by atoms with E-state index in [1.807, 2.05) is 6.92 Å². The maximum Gasteiger partial charge on any atom is 0.188 e. The molecule has 1 fully saturated rings. The number of aliphatic hydroxyl groups is 3. The largest absolute Gasteiger partial charge is 0.395 e. The van der Waals surface area contributed by atoms with Crippen LogP contribution in [0, 0.1) is 16.7 Å². The SMILES string of the molecule is C[C@@H]1CCC2=C3[C@](CO)(CO[C@@H](O)[C@@]31O)CC2(C)C. The van der Waals surface area contributed by atoms with Gasteiger partial charge in [0.05, 0.1) is 13.2 Å². The average molecular weight is 268 g/mol. The van der Waals surface area contributed by atoms with Gasteiger partial charge in [0, 0.05) is 5.41 Å². The molecule has 4 nitrogen and oxygen atoms in total. The highest BCUT2D eigenvalue weighted by Gasteiger charge is 2.64. The normalized spacial score (nSPS) is 48.3. The number of hydrogen-bond donors (Lipinski definition) is 3. The lowest BCUT2D eigenvalue weighted by atomic mass is 9.63. The van der Waals surface area contributed by atoms with Gasteiger partial charge in [-0.2, -0.15) is 0 Å². The van der Waals surface area contributed by atoms with E-state index in [1.165, 1.54) is 5.57 Å². The lowest BCUT2D eigenvalue weighted by Gasteiger charge is -2.52. The van der Waals surface area contributed by atoms with E-state index in [1.54, 1.807) is 0 Å². The summed E-state index contributed by atoms with van der Waals surface area (Å²) in [6.45, 7) is 6.54. The van der Waals surface area contributed by atoms with E-state index < -0.39 is 17.3 Å². The molecule has 0 aromatic heterocycles. The first kappa shape index (κ1) is 13.6. The summed E-state index contributed by atoms with van der Waals surface area (Å²) in [5.74, 6) is -0.0543. The van der Waals surface area contributed by atoms with E-state index in [0.717, 1.165) is 24.8 Å². The zero-order valence-corrected chi connectivity index (χ0v) is 11.9. The molecular weight excluding hydrogens is 244 g/mol. The van der Waals surface area contributed by atoms with Crippen molar-refractivity contribution in [1.29, 1.82) is 0 Å². The molecule has 3 rings (SSSR count). The summed E-state index contributed by atoms with van der Waals surface area (Å²) >= 11 is 0. The minimum absolute atomic E-state index is 0.0307. The van der Waals surface area contributed by atoms with Crippen molar-refractivity contribution >= 4 is 0 Å². The third-order valence-electron chi connectivity index (χ3n) is 5.61. The smallest absolute Gasteiger partial charge is 0.188 e. The number of aliphatic hydroxyl groups excluding tert-OH is 2. The van der Waals surface area contributed by atoms with Crippen LogP contribution in [0.4, 0.5) is 0 Å². The minimum atomic E-state index is -1.33. The van der Waals surface area contributed by atoms with Gasteiger partial charge >= 0.3 is 0 Å². The van der Waals surface area contributed by atoms with Gasteiger partial charge in [0.1, 0.15) is 5.60 Å². The average Bonchev–Trinajstić information content (AvgIpc) is 2.59. The molecule has 1 aliphatic heterocycles. The fourth-order valence-electron chi connectivity index (χ4n) is 4.69. The van der Waals surface area contributed by atoms with Crippen LogP contribution in [0.15, 0.2) is 11.1 Å². The summed E-state index contributed by atoms with van der Waals surface area (Å²) in [6, 6.07) is 0. The van der Waals surface area contributed by atoms with E-state index >= 15 is 0 Å². The molecule has 0 amide bonds. The highest BCUT2D eigenvalue weighted by molar-refractivity contribution is 5.44. The summed E-state index contributed by atoms with van der Waals surface area (Å²) in [4.78, 5) is 0. The van der Waals surface area contributed by atoms with Gasteiger partial charge in [-0.3, -0.25) is 0 Å². The quantitative estimate of drug-likeness (QED) is 0.625. The van der Waals surface area contributed by atoms with Gasteiger partial charge in [-0.05, 0) is 36.2 Å². The Hall–Kier alpha value is -0.420. The van der Waals surface area contributed by atoms with E-state index in [-0.39, 0.29) is 17.9 Å². The number of allylic oxidation sites excluding steroid dienone is 1. The molecule has 3 N–H and O–H groups in total. The molecule has 0 saturated carbocycles. The summed E-state index contributed by atoms with van der Waals surface area (Å²) in [5.41, 5.74) is 0.221. The Bertz CT molecular complexity index is 441. The van der Waals surface area contributed by atoms with Gasteiger partial charge in [0.2, 0.25) is 0 Å². The fraction of sp³-hybridized carbons (Fsp3) is 0.867. The molecular formula is C15H24O4. The molecule has 0 aromatic rings. The zero-order valence-electron chi connectivity index (χ0n) is 11.9. The van der Waals surface area contributed by atoms with Crippen molar-refractivity contribution in [2.45, 2.75) is 51.9 Å². The van der Waals surface area contributed by atoms with Gasteiger partial charge in [-0.1, -0.05) is 26.3 Å². The summed E-state index contributed by atoms with van der Waals surface area (Å²) in [5, 5.41) is 31.2. The van der Waals surface area contributed by atoms with Crippen molar-refractivity contribution in [2.24, 2.45) is 16.7 Å². The summed E-state index contributed by atoms with van der Waals surface area (Å²) < 4.78 is 5.45. The minimum Gasteiger partial charge on any atom is -0.395 e. The standard InChI is InChI=1S/C15H24O4/c1-9-4-5-10-11-14(7-16,6-13(10,2)3)8-19-12(17)15(9,11)18/h9,12,16-18H,4-8H2,1-3H3/t9-,12-,14-,15+/m1/s1. The summed E-state index contributed by atoms with van der Waals surface area (Å²) in [7, 11) is 0. The second-order valence-corrected chi connectivity index (χ2v) is 7.28. The third-order valence-corrected chi connectivity index (χ3v) is 5.61. The van der Waals surface area contributed by atoms with Crippen LogP contribution in [-0.4, -0.2) is 40.4 Å². The maximum atomic E-state index is 11.1. The van der Waals surface area contributed by atoms with Crippen LogP contribution in [0.1, 0.15) is 40.0 Å². The Kier molecular flexibility index (Phi) is 2.72. The van der Waals surface area contributed by atoms with Gasteiger partial charge in [0.25, 0.3) is 0 Å². The van der Waals surface area contributed by atoms with E-state index in [4.69, 9.17) is 4.74 Å². The van der Waals surface area contributed by atoms with Crippen LogP contribution >= 0.6 is 0 Å². The van der Waals surface area contributed by atoms with Gasteiger partial charge in [-0.15, -0.1) is 0 Å². The molecule has 1 heterocycles.